The molecule has 2 heterocycles. The third kappa shape index (κ3) is 2.65. The second kappa shape index (κ2) is 6.16. The Bertz CT molecular complexity index is 663. The van der Waals surface area contributed by atoms with Crippen molar-refractivity contribution in [3.8, 4) is 0 Å². The van der Waals surface area contributed by atoms with Crippen LogP contribution in [0.4, 0.5) is 16.2 Å². The maximum atomic E-state index is 14.9. The van der Waals surface area contributed by atoms with E-state index in [4.69, 9.17) is 27.2 Å². The van der Waals surface area contributed by atoms with E-state index >= 15 is 0 Å². The Labute approximate surface area is 129 Å². The number of hydrogen-bond acceptors (Lipinski definition) is 8. The van der Waals surface area contributed by atoms with E-state index in [2.05, 4.69) is 20.3 Å². The molecule has 0 radical (unpaired) electrons. The Balaban J connectivity index is 2.56. The van der Waals surface area contributed by atoms with Crippen LogP contribution in [0.2, 0.25) is 0 Å². The highest BCUT2D eigenvalue weighted by Crippen LogP contribution is 2.34. The van der Waals surface area contributed by atoms with Crippen molar-refractivity contribution in [3.05, 3.63) is 6.33 Å². The van der Waals surface area contributed by atoms with Crippen molar-refractivity contribution in [1.29, 1.82) is 0 Å². The van der Waals surface area contributed by atoms with E-state index in [1.165, 1.54) is 7.11 Å². The third-order valence-electron chi connectivity index (χ3n) is 3.16. The molecule has 2 rings (SSSR count). The van der Waals surface area contributed by atoms with E-state index in [-0.39, 0.29) is 22.9 Å². The van der Waals surface area contributed by atoms with Gasteiger partial charge in [-0.25, -0.2) is 4.98 Å². The molecule has 0 amide bonds. The summed E-state index contributed by atoms with van der Waals surface area (Å²) in [5.74, 6) is 0.166. The summed E-state index contributed by atoms with van der Waals surface area (Å²) in [5.41, 5.74) is 5.78. The number of hydrogen-bond donors (Lipinski definition) is 4. The van der Waals surface area contributed by atoms with Crippen molar-refractivity contribution in [3.63, 3.8) is 0 Å². The van der Waals surface area contributed by atoms with E-state index in [1.807, 2.05) is 0 Å². The topological polar surface area (TPSA) is 131 Å². The first-order chi connectivity index (χ1) is 10.4. The van der Waals surface area contributed by atoms with E-state index in [1.54, 1.807) is 7.05 Å². The summed E-state index contributed by atoms with van der Waals surface area (Å²) in [6.07, 6.45) is -2.06. The minimum atomic E-state index is -2.86. The normalized spacial score (nSPS) is 17.2. The number of nitrogens with two attached hydrogens (primary N) is 1. The van der Waals surface area contributed by atoms with Crippen LogP contribution in [0.5, 0.6) is 0 Å². The summed E-state index contributed by atoms with van der Waals surface area (Å²) in [5, 5.41) is 19.0. The van der Waals surface area contributed by atoms with Gasteiger partial charge in [-0.15, -0.1) is 0 Å². The number of halogens is 2. The summed E-state index contributed by atoms with van der Waals surface area (Å²) in [6, 6.07) is 0. The molecule has 2 aromatic heterocycles. The molecule has 122 valence electrons. The number of ether oxygens (including phenoxy) is 1. The van der Waals surface area contributed by atoms with E-state index in [0.717, 1.165) is 10.9 Å². The zero-order valence-corrected chi connectivity index (χ0v) is 12.6. The van der Waals surface area contributed by atoms with Gasteiger partial charge in [0.2, 0.25) is 5.95 Å². The maximum Gasteiger partial charge on any atom is 0.293 e. The SMILES string of the molecule is CNc1nc(N)nc2c1ncn2[C@@](F)(Cl)[C@H](O)C(CO)OC. The first-order valence-electron chi connectivity index (χ1n) is 6.25. The zero-order chi connectivity index (χ0) is 16.5. The van der Waals surface area contributed by atoms with Crippen LogP contribution in [-0.2, 0) is 9.99 Å². The van der Waals surface area contributed by atoms with Crippen molar-refractivity contribution < 1.29 is 19.3 Å². The lowest BCUT2D eigenvalue weighted by Gasteiger charge is -2.29. The van der Waals surface area contributed by atoms with Crippen LogP contribution in [0.15, 0.2) is 6.33 Å². The van der Waals surface area contributed by atoms with Crippen LogP contribution in [0.1, 0.15) is 0 Å². The second-order valence-corrected chi connectivity index (χ2v) is 4.99. The van der Waals surface area contributed by atoms with E-state index < -0.39 is 24.1 Å². The Morgan fingerprint density at radius 2 is 2.27 bits per heavy atom. The van der Waals surface area contributed by atoms with Crippen LogP contribution in [0.25, 0.3) is 11.2 Å². The fourth-order valence-corrected chi connectivity index (χ4v) is 2.24. The van der Waals surface area contributed by atoms with Crippen molar-refractivity contribution in [1.82, 2.24) is 19.5 Å². The van der Waals surface area contributed by atoms with Crippen molar-refractivity contribution in [2.75, 3.05) is 31.8 Å². The summed E-state index contributed by atoms with van der Waals surface area (Å²) in [4.78, 5) is 11.8. The number of alkyl halides is 2. The summed E-state index contributed by atoms with van der Waals surface area (Å²) in [7, 11) is 2.80. The van der Waals surface area contributed by atoms with Gasteiger partial charge in [0.05, 0.1) is 6.61 Å². The van der Waals surface area contributed by atoms with Gasteiger partial charge < -0.3 is 26.0 Å². The largest absolute Gasteiger partial charge is 0.394 e. The molecule has 0 aliphatic heterocycles. The lowest BCUT2D eigenvalue weighted by atomic mass is 10.2. The number of aliphatic hydroxyl groups excluding tert-OH is 2. The van der Waals surface area contributed by atoms with Crippen LogP contribution in [0, 0.1) is 0 Å². The third-order valence-corrected chi connectivity index (χ3v) is 3.57. The molecular weight excluding hydrogens is 319 g/mol. The molecule has 0 spiro atoms. The van der Waals surface area contributed by atoms with Crippen molar-refractivity contribution in [2.24, 2.45) is 0 Å². The van der Waals surface area contributed by atoms with Crippen LogP contribution < -0.4 is 11.1 Å². The number of nitrogens with one attached hydrogen (secondary N) is 1. The lowest BCUT2D eigenvalue weighted by molar-refractivity contribution is -0.107. The van der Waals surface area contributed by atoms with Gasteiger partial charge in [0.1, 0.15) is 12.4 Å². The van der Waals surface area contributed by atoms with Gasteiger partial charge in [-0.3, -0.25) is 4.57 Å². The molecule has 9 nitrogen and oxygen atoms in total. The molecule has 0 saturated heterocycles. The number of imidazole rings is 1. The van der Waals surface area contributed by atoms with Gasteiger partial charge in [0.25, 0.3) is 5.25 Å². The highest BCUT2D eigenvalue weighted by molar-refractivity contribution is 6.21. The predicted molar refractivity (Wildman–Crippen MR) is 78.1 cm³/mol. The Morgan fingerprint density at radius 3 is 2.82 bits per heavy atom. The van der Waals surface area contributed by atoms with Gasteiger partial charge in [0, 0.05) is 14.2 Å². The van der Waals surface area contributed by atoms with E-state index in [0.29, 0.717) is 0 Å². The van der Waals surface area contributed by atoms with Crippen LogP contribution >= 0.6 is 11.6 Å². The monoisotopic (exact) mass is 334 g/mol. The Hall–Kier alpha value is -1.75. The Kier molecular flexibility index (Phi) is 4.66. The molecule has 0 aliphatic rings. The molecule has 0 bridgehead atoms. The molecule has 5 N–H and O–H groups in total. The average Bonchev–Trinajstić information content (AvgIpc) is 2.91. The second-order valence-electron chi connectivity index (χ2n) is 4.46. The molecule has 0 aliphatic carbocycles. The summed E-state index contributed by atoms with van der Waals surface area (Å²) in [6.45, 7) is -0.623. The number of rotatable bonds is 6. The zero-order valence-electron chi connectivity index (χ0n) is 11.9. The summed E-state index contributed by atoms with van der Waals surface area (Å²) >= 11 is 5.83. The first-order valence-corrected chi connectivity index (χ1v) is 6.62. The highest BCUT2D eigenvalue weighted by atomic mass is 35.5. The number of methoxy groups -OCH3 is 1. The number of nitrogens with zero attached hydrogens (tertiary/aromatic N) is 4. The van der Waals surface area contributed by atoms with Gasteiger partial charge in [-0.05, 0) is 0 Å². The number of anilines is 2. The quantitative estimate of drug-likeness (QED) is 0.526. The fourth-order valence-electron chi connectivity index (χ4n) is 1.98. The Morgan fingerprint density at radius 1 is 1.59 bits per heavy atom. The number of aromatic nitrogens is 4. The molecule has 2 aromatic rings. The number of nitrogen functional groups attached to an aromatic ring is 1. The van der Waals surface area contributed by atoms with Gasteiger partial charge >= 0.3 is 0 Å². The molecule has 1 unspecified atom stereocenters. The fraction of sp³-hybridized carbons (Fsp3) is 0.545. The molecular formula is C11H16ClFN6O3. The van der Waals surface area contributed by atoms with Crippen molar-refractivity contribution in [2.45, 2.75) is 17.5 Å². The molecule has 0 aromatic carbocycles. The molecule has 0 saturated carbocycles. The minimum Gasteiger partial charge on any atom is -0.394 e. The van der Waals surface area contributed by atoms with E-state index in [9.17, 15) is 9.50 Å². The van der Waals surface area contributed by atoms with Crippen molar-refractivity contribution >= 4 is 34.5 Å². The maximum absolute atomic E-state index is 14.9. The van der Waals surface area contributed by atoms with Gasteiger partial charge in [-0.2, -0.15) is 14.4 Å². The smallest absolute Gasteiger partial charge is 0.293 e. The molecule has 0 fully saturated rings. The number of aliphatic hydroxyl groups is 2. The summed E-state index contributed by atoms with van der Waals surface area (Å²) < 4.78 is 20.5. The number of fused-ring (bicyclic) bond motifs is 1. The predicted octanol–water partition coefficient (Wildman–Crippen LogP) is -0.363. The van der Waals surface area contributed by atoms with Crippen LogP contribution in [0.3, 0.4) is 0 Å². The van der Waals surface area contributed by atoms with Crippen LogP contribution in [-0.4, -0.2) is 62.7 Å². The average molecular weight is 335 g/mol. The minimum absolute atomic E-state index is 0.0128. The molecule has 3 atom stereocenters. The lowest BCUT2D eigenvalue weighted by Crippen LogP contribution is -2.46. The molecule has 11 heteroatoms. The molecule has 22 heavy (non-hydrogen) atoms. The van der Waals surface area contributed by atoms with Gasteiger partial charge in [-0.1, -0.05) is 11.6 Å². The first kappa shape index (κ1) is 16.6. The standard InChI is InChI=1S/C11H16ClFN6O3/c1-15-8-6-9(18-10(14)17-8)19(4-16-6)11(12,13)7(21)5(3-20)22-2/h4-5,7,20-21H,3H2,1-2H3,(H3,14,15,17,18)/t5?,7-,11-/m1/s1. The highest BCUT2D eigenvalue weighted by Gasteiger charge is 2.44. The van der Waals surface area contributed by atoms with Gasteiger partial charge in [0.15, 0.2) is 23.1 Å².